The summed E-state index contributed by atoms with van der Waals surface area (Å²) in [6.07, 6.45) is 1.41. The maximum Gasteiger partial charge on any atom is 0.339 e. The highest BCUT2D eigenvalue weighted by Gasteiger charge is 2.12. The largest absolute Gasteiger partial charge is 0.478 e. The molecule has 19 heavy (non-hydrogen) atoms. The van der Waals surface area contributed by atoms with Crippen molar-refractivity contribution in [3.05, 3.63) is 23.5 Å². The van der Waals surface area contributed by atoms with E-state index in [2.05, 4.69) is 15.2 Å². The van der Waals surface area contributed by atoms with Crippen LogP contribution in [0.4, 0.5) is 5.69 Å². The number of anilines is 1. The summed E-state index contributed by atoms with van der Waals surface area (Å²) in [5.41, 5.74) is 1.72. The summed E-state index contributed by atoms with van der Waals surface area (Å²) >= 11 is 1.99. The molecule has 2 heterocycles. The van der Waals surface area contributed by atoms with E-state index in [4.69, 9.17) is 5.11 Å². The lowest BCUT2D eigenvalue weighted by Crippen LogP contribution is -2.36. The average Bonchev–Trinajstić information content (AvgIpc) is 2.39. The molecule has 1 aliphatic heterocycles. The van der Waals surface area contributed by atoms with Gasteiger partial charge in [-0.15, -0.1) is 0 Å². The number of hydrogen-bond acceptors (Lipinski definition) is 5. The van der Waals surface area contributed by atoms with Crippen LogP contribution in [-0.4, -0.2) is 58.6 Å². The molecule has 5 nitrogen and oxygen atoms in total. The van der Waals surface area contributed by atoms with Crippen molar-refractivity contribution in [2.45, 2.75) is 6.92 Å². The van der Waals surface area contributed by atoms with Gasteiger partial charge in [0.1, 0.15) is 5.56 Å². The Morgan fingerprint density at radius 3 is 2.95 bits per heavy atom. The molecule has 104 valence electrons. The van der Waals surface area contributed by atoms with Crippen molar-refractivity contribution in [2.75, 3.05) is 43.0 Å². The zero-order valence-corrected chi connectivity index (χ0v) is 11.9. The van der Waals surface area contributed by atoms with Crippen molar-refractivity contribution in [1.82, 2.24) is 9.88 Å². The Morgan fingerprint density at radius 1 is 1.53 bits per heavy atom. The van der Waals surface area contributed by atoms with Crippen LogP contribution in [0.15, 0.2) is 12.3 Å². The van der Waals surface area contributed by atoms with Gasteiger partial charge in [0.2, 0.25) is 0 Å². The van der Waals surface area contributed by atoms with Gasteiger partial charge in [0.05, 0.1) is 5.69 Å². The van der Waals surface area contributed by atoms with E-state index in [9.17, 15) is 4.79 Å². The molecule has 0 amide bonds. The first-order chi connectivity index (χ1) is 9.16. The summed E-state index contributed by atoms with van der Waals surface area (Å²) in [6.45, 7) is 5.80. The Labute approximate surface area is 117 Å². The normalized spacial score (nSPS) is 16.3. The summed E-state index contributed by atoms with van der Waals surface area (Å²) in [6, 6.07) is 1.79. The number of carbonyl (C=O) groups is 1. The van der Waals surface area contributed by atoms with Gasteiger partial charge in [-0.3, -0.25) is 9.88 Å². The molecule has 1 aromatic rings. The van der Waals surface area contributed by atoms with E-state index in [1.165, 1.54) is 17.7 Å². The molecule has 0 atom stereocenters. The standard InChI is InChI=1S/C13H19N3O2S/c1-10-8-12(11(9-15-10)13(17)18)14-2-3-16-4-6-19-7-5-16/h8-9H,2-7H2,1H3,(H,14,15)(H,17,18). The van der Waals surface area contributed by atoms with Crippen molar-refractivity contribution in [1.29, 1.82) is 0 Å². The van der Waals surface area contributed by atoms with Gasteiger partial charge in [-0.2, -0.15) is 11.8 Å². The highest BCUT2D eigenvalue weighted by Crippen LogP contribution is 2.15. The minimum atomic E-state index is -0.940. The number of aromatic nitrogens is 1. The van der Waals surface area contributed by atoms with Crippen molar-refractivity contribution < 1.29 is 9.90 Å². The molecule has 6 heteroatoms. The van der Waals surface area contributed by atoms with Crippen molar-refractivity contribution in [3.63, 3.8) is 0 Å². The van der Waals surface area contributed by atoms with E-state index in [1.807, 2.05) is 18.7 Å². The van der Waals surface area contributed by atoms with E-state index < -0.39 is 5.97 Å². The molecule has 1 aliphatic rings. The van der Waals surface area contributed by atoms with Crippen LogP contribution in [-0.2, 0) is 0 Å². The SMILES string of the molecule is Cc1cc(NCCN2CCSCC2)c(C(=O)O)cn1. The molecule has 1 saturated heterocycles. The van der Waals surface area contributed by atoms with Gasteiger partial charge in [-0.05, 0) is 13.0 Å². The third-order valence-electron chi connectivity index (χ3n) is 3.12. The second kappa shape index (κ2) is 6.77. The van der Waals surface area contributed by atoms with Crippen LogP contribution in [0.5, 0.6) is 0 Å². The molecule has 1 aromatic heterocycles. The number of aryl methyl sites for hydroxylation is 1. The summed E-state index contributed by atoms with van der Waals surface area (Å²) in [5.74, 6) is 1.44. The number of pyridine rings is 1. The number of nitrogens with one attached hydrogen (secondary N) is 1. The fourth-order valence-corrected chi connectivity index (χ4v) is 3.03. The third-order valence-corrected chi connectivity index (χ3v) is 4.06. The van der Waals surface area contributed by atoms with E-state index >= 15 is 0 Å². The predicted molar refractivity (Wildman–Crippen MR) is 78.2 cm³/mol. The zero-order chi connectivity index (χ0) is 13.7. The predicted octanol–water partition coefficient (Wildman–Crippen LogP) is 1.55. The first kappa shape index (κ1) is 14.1. The highest BCUT2D eigenvalue weighted by atomic mass is 32.2. The van der Waals surface area contributed by atoms with Crippen LogP contribution in [0.2, 0.25) is 0 Å². The van der Waals surface area contributed by atoms with Crippen molar-refractivity contribution >= 4 is 23.4 Å². The monoisotopic (exact) mass is 281 g/mol. The maximum atomic E-state index is 11.1. The summed E-state index contributed by atoms with van der Waals surface area (Å²) < 4.78 is 0. The second-order valence-corrected chi connectivity index (χ2v) is 5.78. The highest BCUT2D eigenvalue weighted by molar-refractivity contribution is 7.99. The van der Waals surface area contributed by atoms with Crippen LogP contribution < -0.4 is 5.32 Å². The third kappa shape index (κ3) is 4.11. The number of carboxylic acid groups (broad SMARTS) is 1. The molecule has 0 saturated carbocycles. The van der Waals surface area contributed by atoms with Crippen molar-refractivity contribution in [2.24, 2.45) is 0 Å². The molecule has 2 N–H and O–H groups in total. The van der Waals surface area contributed by atoms with Crippen LogP contribution in [0, 0.1) is 6.92 Å². The van der Waals surface area contributed by atoms with Gasteiger partial charge >= 0.3 is 5.97 Å². The molecular formula is C13H19N3O2S. The molecule has 0 aliphatic carbocycles. The van der Waals surface area contributed by atoms with Gasteiger partial charge in [0, 0.05) is 49.6 Å². The Hall–Kier alpha value is -1.27. The summed E-state index contributed by atoms with van der Waals surface area (Å²) in [7, 11) is 0. The van der Waals surface area contributed by atoms with Crippen LogP contribution in [0.1, 0.15) is 16.1 Å². The molecular weight excluding hydrogens is 262 g/mol. The summed E-state index contributed by atoms with van der Waals surface area (Å²) in [5, 5.41) is 12.3. The van der Waals surface area contributed by atoms with Gasteiger partial charge in [0.25, 0.3) is 0 Å². The number of aromatic carboxylic acids is 1. The van der Waals surface area contributed by atoms with E-state index in [-0.39, 0.29) is 5.56 Å². The summed E-state index contributed by atoms with van der Waals surface area (Å²) in [4.78, 5) is 17.5. The first-order valence-corrected chi connectivity index (χ1v) is 7.56. The number of carboxylic acids is 1. The second-order valence-electron chi connectivity index (χ2n) is 4.56. The maximum absolute atomic E-state index is 11.1. The molecule has 0 unspecified atom stereocenters. The Balaban J connectivity index is 1.91. The van der Waals surface area contributed by atoms with Crippen LogP contribution in [0.25, 0.3) is 0 Å². The average molecular weight is 281 g/mol. The Morgan fingerprint density at radius 2 is 2.26 bits per heavy atom. The van der Waals surface area contributed by atoms with E-state index in [0.29, 0.717) is 5.69 Å². The molecule has 0 aromatic carbocycles. The molecule has 1 fully saturated rings. The lowest BCUT2D eigenvalue weighted by Gasteiger charge is -2.26. The van der Waals surface area contributed by atoms with Crippen molar-refractivity contribution in [3.8, 4) is 0 Å². The molecule has 0 spiro atoms. The minimum Gasteiger partial charge on any atom is -0.478 e. The van der Waals surface area contributed by atoms with Gasteiger partial charge < -0.3 is 10.4 Å². The van der Waals surface area contributed by atoms with Gasteiger partial charge in [-0.1, -0.05) is 0 Å². The smallest absolute Gasteiger partial charge is 0.339 e. The molecule has 0 bridgehead atoms. The Kier molecular flexibility index (Phi) is 5.04. The number of hydrogen-bond donors (Lipinski definition) is 2. The van der Waals surface area contributed by atoms with E-state index in [1.54, 1.807) is 6.07 Å². The number of rotatable bonds is 5. The lowest BCUT2D eigenvalue weighted by atomic mass is 10.2. The lowest BCUT2D eigenvalue weighted by molar-refractivity contribution is 0.0697. The van der Waals surface area contributed by atoms with Gasteiger partial charge in [-0.25, -0.2) is 4.79 Å². The quantitative estimate of drug-likeness (QED) is 0.853. The first-order valence-electron chi connectivity index (χ1n) is 6.41. The minimum absolute atomic E-state index is 0.236. The Bertz CT molecular complexity index is 448. The fourth-order valence-electron chi connectivity index (χ4n) is 2.05. The van der Waals surface area contributed by atoms with Crippen LogP contribution in [0.3, 0.4) is 0 Å². The van der Waals surface area contributed by atoms with Crippen LogP contribution >= 0.6 is 11.8 Å². The fraction of sp³-hybridized carbons (Fsp3) is 0.538. The topological polar surface area (TPSA) is 65.5 Å². The zero-order valence-electron chi connectivity index (χ0n) is 11.1. The molecule has 2 rings (SSSR count). The number of nitrogens with zero attached hydrogens (tertiary/aromatic N) is 2. The molecule has 0 radical (unpaired) electrons. The van der Waals surface area contributed by atoms with E-state index in [0.717, 1.165) is 31.9 Å². The van der Waals surface area contributed by atoms with Gasteiger partial charge in [0.15, 0.2) is 0 Å². The number of thioether (sulfide) groups is 1.